The number of thioether (sulfide) groups is 1. The van der Waals surface area contributed by atoms with E-state index < -0.39 is 0 Å². The van der Waals surface area contributed by atoms with Crippen LogP contribution in [-0.2, 0) is 11.2 Å². The van der Waals surface area contributed by atoms with Crippen LogP contribution < -0.4 is 0 Å². The standard InChI is InChI=1S/C12H16OS2/c1-3-5-10-6-8-11(9-7-10)15-12(14)13-4-2/h6-9H,3-5H2,1-2H3. The molecule has 0 radical (unpaired) electrons. The summed E-state index contributed by atoms with van der Waals surface area (Å²) in [5.74, 6) is 0. The molecule has 1 rings (SSSR count). The fraction of sp³-hybridized carbons (Fsp3) is 0.417. The fourth-order valence-electron chi connectivity index (χ4n) is 1.26. The molecular weight excluding hydrogens is 224 g/mol. The lowest BCUT2D eigenvalue weighted by molar-refractivity contribution is 0.346. The fourth-order valence-corrected chi connectivity index (χ4v) is 2.30. The van der Waals surface area contributed by atoms with E-state index in [9.17, 15) is 0 Å². The minimum absolute atomic E-state index is 0.598. The minimum Gasteiger partial charge on any atom is -0.479 e. The number of hydrogen-bond acceptors (Lipinski definition) is 3. The lowest BCUT2D eigenvalue weighted by Crippen LogP contribution is -1.95. The third-order valence-electron chi connectivity index (χ3n) is 1.93. The molecule has 15 heavy (non-hydrogen) atoms. The highest BCUT2D eigenvalue weighted by atomic mass is 32.2. The molecule has 1 nitrogen and oxygen atoms in total. The van der Waals surface area contributed by atoms with E-state index in [1.165, 1.54) is 23.7 Å². The highest BCUT2D eigenvalue weighted by molar-refractivity contribution is 8.22. The summed E-state index contributed by atoms with van der Waals surface area (Å²) >= 11 is 6.56. The van der Waals surface area contributed by atoms with E-state index in [-0.39, 0.29) is 0 Å². The average molecular weight is 240 g/mol. The first-order valence-corrected chi connectivity index (χ1v) is 6.42. The molecular formula is C12H16OS2. The number of thiocarbonyl (C=S) groups is 1. The Kier molecular flexibility index (Phi) is 5.73. The van der Waals surface area contributed by atoms with Crippen molar-refractivity contribution in [1.82, 2.24) is 0 Å². The summed E-state index contributed by atoms with van der Waals surface area (Å²) in [5.41, 5.74) is 1.38. The predicted octanol–water partition coefficient (Wildman–Crippen LogP) is 4.05. The van der Waals surface area contributed by atoms with Gasteiger partial charge < -0.3 is 4.74 Å². The van der Waals surface area contributed by atoms with Crippen LogP contribution in [0.25, 0.3) is 0 Å². The molecule has 0 unspecified atom stereocenters. The summed E-state index contributed by atoms with van der Waals surface area (Å²) in [6.07, 6.45) is 2.32. The van der Waals surface area contributed by atoms with Crippen LogP contribution in [0.15, 0.2) is 29.2 Å². The smallest absolute Gasteiger partial charge is 0.224 e. The molecule has 0 aromatic heterocycles. The SMILES string of the molecule is CCCc1ccc(SC(=S)OCC)cc1. The molecule has 0 spiro atoms. The molecule has 82 valence electrons. The van der Waals surface area contributed by atoms with Gasteiger partial charge in [0.05, 0.1) is 6.61 Å². The summed E-state index contributed by atoms with van der Waals surface area (Å²) < 4.78 is 5.82. The van der Waals surface area contributed by atoms with Gasteiger partial charge in [-0.1, -0.05) is 25.5 Å². The second-order valence-corrected chi connectivity index (χ2v) is 4.85. The van der Waals surface area contributed by atoms with E-state index >= 15 is 0 Å². The van der Waals surface area contributed by atoms with Crippen LogP contribution in [0, 0.1) is 0 Å². The zero-order chi connectivity index (χ0) is 11.1. The van der Waals surface area contributed by atoms with Gasteiger partial charge in [-0.3, -0.25) is 0 Å². The number of benzene rings is 1. The van der Waals surface area contributed by atoms with Crippen LogP contribution >= 0.6 is 24.0 Å². The van der Waals surface area contributed by atoms with E-state index in [0.29, 0.717) is 11.0 Å². The van der Waals surface area contributed by atoms with Crippen LogP contribution in [0.1, 0.15) is 25.8 Å². The molecule has 0 saturated carbocycles. The number of rotatable bonds is 4. The Bertz CT molecular complexity index is 306. The topological polar surface area (TPSA) is 9.23 Å². The Morgan fingerprint density at radius 2 is 1.93 bits per heavy atom. The number of aryl methyl sites for hydroxylation is 1. The molecule has 0 saturated heterocycles. The van der Waals surface area contributed by atoms with Crippen molar-refractivity contribution < 1.29 is 4.74 Å². The summed E-state index contributed by atoms with van der Waals surface area (Å²) in [4.78, 5) is 1.15. The van der Waals surface area contributed by atoms with Crippen molar-refractivity contribution in [3.05, 3.63) is 29.8 Å². The van der Waals surface area contributed by atoms with Crippen molar-refractivity contribution in [2.75, 3.05) is 6.61 Å². The molecule has 0 aliphatic heterocycles. The van der Waals surface area contributed by atoms with E-state index in [4.69, 9.17) is 17.0 Å². The Morgan fingerprint density at radius 3 is 2.47 bits per heavy atom. The zero-order valence-electron chi connectivity index (χ0n) is 9.16. The van der Waals surface area contributed by atoms with Crippen molar-refractivity contribution in [2.24, 2.45) is 0 Å². The zero-order valence-corrected chi connectivity index (χ0v) is 10.8. The third-order valence-corrected chi connectivity index (χ3v) is 3.09. The Labute approximate surface area is 101 Å². The Hall–Kier alpha value is -0.540. The van der Waals surface area contributed by atoms with Gasteiger partial charge in [0.15, 0.2) is 0 Å². The molecule has 3 heteroatoms. The van der Waals surface area contributed by atoms with Crippen molar-refractivity contribution in [2.45, 2.75) is 31.6 Å². The molecule has 0 aliphatic carbocycles. The lowest BCUT2D eigenvalue weighted by atomic mass is 10.1. The maximum Gasteiger partial charge on any atom is 0.224 e. The molecule has 0 aliphatic rings. The largest absolute Gasteiger partial charge is 0.479 e. The third kappa shape index (κ3) is 4.67. The molecule has 1 aromatic rings. The maximum atomic E-state index is 5.22. The van der Waals surface area contributed by atoms with Crippen LogP contribution in [0.2, 0.25) is 0 Å². The summed E-state index contributed by atoms with van der Waals surface area (Å²) in [6, 6.07) is 8.50. The van der Waals surface area contributed by atoms with Crippen LogP contribution in [-0.4, -0.2) is 11.0 Å². The van der Waals surface area contributed by atoms with Crippen molar-refractivity contribution in [3.63, 3.8) is 0 Å². The molecule has 0 bridgehead atoms. The van der Waals surface area contributed by atoms with Crippen molar-refractivity contribution in [3.8, 4) is 0 Å². The molecule has 0 heterocycles. The van der Waals surface area contributed by atoms with E-state index in [0.717, 1.165) is 11.3 Å². The second kappa shape index (κ2) is 6.85. The summed E-state index contributed by atoms with van der Waals surface area (Å²) in [5, 5.41) is 0. The van der Waals surface area contributed by atoms with Gasteiger partial charge in [-0.25, -0.2) is 0 Å². The quantitative estimate of drug-likeness (QED) is 0.580. The molecule has 0 fully saturated rings. The van der Waals surface area contributed by atoms with E-state index in [1.54, 1.807) is 0 Å². The van der Waals surface area contributed by atoms with Crippen molar-refractivity contribution >= 4 is 28.4 Å². The van der Waals surface area contributed by atoms with Gasteiger partial charge in [0, 0.05) is 4.90 Å². The molecule has 0 amide bonds. The first-order chi connectivity index (χ1) is 7.26. The van der Waals surface area contributed by atoms with E-state index in [1.807, 2.05) is 6.92 Å². The minimum atomic E-state index is 0.598. The first-order valence-electron chi connectivity index (χ1n) is 5.19. The monoisotopic (exact) mass is 240 g/mol. The van der Waals surface area contributed by atoms with Crippen molar-refractivity contribution in [1.29, 1.82) is 0 Å². The van der Waals surface area contributed by atoms with Gasteiger partial charge in [-0.05, 0) is 55.0 Å². The second-order valence-electron chi connectivity index (χ2n) is 3.18. The van der Waals surface area contributed by atoms with Crippen LogP contribution in [0.3, 0.4) is 0 Å². The highest BCUT2D eigenvalue weighted by Crippen LogP contribution is 2.21. The van der Waals surface area contributed by atoms with E-state index in [2.05, 4.69) is 31.2 Å². The maximum absolute atomic E-state index is 5.22. The van der Waals surface area contributed by atoms with Gasteiger partial charge in [0.1, 0.15) is 0 Å². The lowest BCUT2D eigenvalue weighted by Gasteiger charge is -2.04. The Balaban J connectivity index is 2.52. The van der Waals surface area contributed by atoms with Crippen LogP contribution in [0.4, 0.5) is 0 Å². The normalized spacial score (nSPS) is 10.0. The first kappa shape index (κ1) is 12.5. The Morgan fingerprint density at radius 1 is 1.27 bits per heavy atom. The molecule has 1 aromatic carbocycles. The molecule has 0 atom stereocenters. The van der Waals surface area contributed by atoms with Gasteiger partial charge in [0.25, 0.3) is 0 Å². The van der Waals surface area contributed by atoms with Gasteiger partial charge in [-0.15, -0.1) is 0 Å². The number of hydrogen-bond donors (Lipinski definition) is 0. The molecule has 0 N–H and O–H groups in total. The summed E-state index contributed by atoms with van der Waals surface area (Å²) in [6.45, 7) is 4.77. The highest BCUT2D eigenvalue weighted by Gasteiger charge is 2.00. The predicted molar refractivity (Wildman–Crippen MR) is 70.5 cm³/mol. The summed E-state index contributed by atoms with van der Waals surface area (Å²) in [7, 11) is 0. The average Bonchev–Trinajstić information content (AvgIpc) is 2.22. The van der Waals surface area contributed by atoms with Gasteiger partial charge >= 0.3 is 0 Å². The van der Waals surface area contributed by atoms with Crippen LogP contribution in [0.5, 0.6) is 0 Å². The van der Waals surface area contributed by atoms with Gasteiger partial charge in [-0.2, -0.15) is 0 Å². The van der Waals surface area contributed by atoms with Gasteiger partial charge in [0.2, 0.25) is 4.38 Å². The number of ether oxygens (including phenoxy) is 1.